The smallest absolute Gasteiger partial charge is 0.407 e. The number of carbonyl (C=O) groups excluding carboxylic acids is 2. The lowest BCUT2D eigenvalue weighted by molar-refractivity contribution is 0.0133. The van der Waals surface area contributed by atoms with E-state index in [1.807, 2.05) is 106 Å². The van der Waals surface area contributed by atoms with E-state index in [1.165, 1.54) is 11.8 Å². The van der Waals surface area contributed by atoms with Crippen molar-refractivity contribution in [3.8, 4) is 28.5 Å². The second-order valence-corrected chi connectivity index (χ2v) is 14.1. The molecular formula is C41H48N4O7S. The Morgan fingerprint density at radius 3 is 2.04 bits per heavy atom. The van der Waals surface area contributed by atoms with Crippen molar-refractivity contribution in [2.75, 3.05) is 46.2 Å². The molecule has 53 heavy (non-hydrogen) atoms. The fourth-order valence-electron chi connectivity index (χ4n) is 5.08. The number of alkyl carbamates (subject to hydrolysis) is 1. The van der Waals surface area contributed by atoms with Gasteiger partial charge in [0.05, 0.1) is 32.1 Å². The average Bonchev–Trinajstić information content (AvgIpc) is 3.15. The van der Waals surface area contributed by atoms with E-state index in [9.17, 15) is 19.6 Å². The monoisotopic (exact) mass is 740 g/mol. The highest BCUT2D eigenvalue weighted by Gasteiger charge is 2.16. The number of H-pyrrole nitrogens is 1. The van der Waals surface area contributed by atoms with Crippen molar-refractivity contribution in [3.05, 3.63) is 106 Å². The first-order valence-corrected chi connectivity index (χ1v) is 18.8. The molecule has 0 radical (unpaired) electrons. The molecule has 0 aliphatic heterocycles. The summed E-state index contributed by atoms with van der Waals surface area (Å²) in [5, 5.41) is 12.8. The van der Waals surface area contributed by atoms with E-state index in [0.29, 0.717) is 86.8 Å². The molecule has 0 saturated carbocycles. The van der Waals surface area contributed by atoms with Crippen LogP contribution >= 0.6 is 11.8 Å². The third kappa shape index (κ3) is 14.6. The van der Waals surface area contributed by atoms with E-state index in [4.69, 9.17) is 18.9 Å². The summed E-state index contributed by atoms with van der Waals surface area (Å²) in [5.74, 6) is 0.605. The van der Waals surface area contributed by atoms with Crippen LogP contribution in [0.3, 0.4) is 0 Å². The molecule has 4 aromatic rings. The number of rotatable bonds is 21. The summed E-state index contributed by atoms with van der Waals surface area (Å²) < 4.78 is 21.8. The number of hydrogen-bond donors (Lipinski definition) is 2. The van der Waals surface area contributed by atoms with Gasteiger partial charge < -0.3 is 29.2 Å². The molecule has 0 saturated heterocycles. The largest absolute Gasteiger partial charge is 0.444 e. The summed E-state index contributed by atoms with van der Waals surface area (Å²) in [6.45, 7) is 8.90. The highest BCUT2D eigenvalue weighted by Crippen LogP contribution is 2.27. The lowest BCUT2D eigenvalue weighted by Gasteiger charge is -2.19. The lowest BCUT2D eigenvalue weighted by atomic mass is 10.0. The van der Waals surface area contributed by atoms with Crippen LogP contribution in [0.2, 0.25) is 0 Å². The van der Waals surface area contributed by atoms with Crippen LogP contribution in [0.15, 0.2) is 88.8 Å². The molecule has 1 heterocycles. The second-order valence-electron chi connectivity index (χ2n) is 13.1. The Balaban J connectivity index is 1.08. The normalized spacial score (nSPS) is 11.2. The Kier molecular flexibility index (Phi) is 16.7. The van der Waals surface area contributed by atoms with Gasteiger partial charge in [0, 0.05) is 43.1 Å². The SMILES string of the molecule is CC(C)(C)OC(=O)NCCCOCCOCCOCCCCC(=O)c1ccc(CSc2nc(-c3ccc(-c4ccccc4)cc3)c(C#N)c(=O)[nH]2)cc1. The molecule has 3 aromatic carbocycles. The van der Waals surface area contributed by atoms with E-state index in [1.54, 1.807) is 0 Å². The molecule has 12 heteroatoms. The summed E-state index contributed by atoms with van der Waals surface area (Å²) in [5.41, 5.74) is 3.75. The predicted octanol–water partition coefficient (Wildman–Crippen LogP) is 7.59. The van der Waals surface area contributed by atoms with Crippen molar-refractivity contribution in [2.24, 2.45) is 0 Å². The molecule has 1 aromatic heterocycles. The Morgan fingerprint density at radius 2 is 1.40 bits per heavy atom. The van der Waals surface area contributed by atoms with Gasteiger partial charge in [0.15, 0.2) is 10.9 Å². The molecule has 0 aliphatic rings. The number of ether oxygens (including phenoxy) is 4. The molecule has 280 valence electrons. The number of Topliss-reactive ketones (excluding diaryl/α,β-unsaturated/α-hetero) is 1. The number of benzene rings is 3. The van der Waals surface area contributed by atoms with Crippen LogP contribution in [0.5, 0.6) is 0 Å². The van der Waals surface area contributed by atoms with Crippen molar-refractivity contribution in [1.82, 2.24) is 15.3 Å². The molecule has 1 amide bonds. The predicted molar refractivity (Wildman–Crippen MR) is 206 cm³/mol. The van der Waals surface area contributed by atoms with E-state index >= 15 is 0 Å². The molecule has 0 spiro atoms. The molecule has 2 N–H and O–H groups in total. The summed E-state index contributed by atoms with van der Waals surface area (Å²) in [6.07, 6.45) is 2.19. The number of nitrogens with zero attached hydrogens (tertiary/aromatic N) is 2. The summed E-state index contributed by atoms with van der Waals surface area (Å²) in [6, 6.07) is 27.1. The first-order valence-electron chi connectivity index (χ1n) is 17.8. The number of carbonyl (C=O) groups is 2. The standard InChI is InChI=1S/C41H48N4O7S/c1-41(2,3)52-40(48)43-21-9-23-50-25-27-51-26-24-49-22-8-7-12-36(46)33-15-13-30(14-16-33)29-53-39-44-37(35(28-42)38(47)45-39)34-19-17-32(18-20-34)31-10-5-4-6-11-31/h4-6,10-11,13-20H,7-9,12,21-27,29H2,1-3H3,(H,43,48)(H,44,45,47). The Hall–Kier alpha value is -4.80. The van der Waals surface area contributed by atoms with Gasteiger partial charge in [-0.2, -0.15) is 5.26 Å². The van der Waals surface area contributed by atoms with Gasteiger partial charge >= 0.3 is 6.09 Å². The van der Waals surface area contributed by atoms with Crippen molar-refractivity contribution < 1.29 is 28.5 Å². The van der Waals surface area contributed by atoms with Crippen LogP contribution in [0.4, 0.5) is 4.79 Å². The quantitative estimate of drug-likeness (QED) is 0.0378. The summed E-state index contributed by atoms with van der Waals surface area (Å²) in [7, 11) is 0. The van der Waals surface area contributed by atoms with Crippen molar-refractivity contribution in [3.63, 3.8) is 0 Å². The number of unbranched alkanes of at least 4 members (excludes halogenated alkanes) is 1. The third-order valence-electron chi connectivity index (χ3n) is 7.75. The van der Waals surface area contributed by atoms with Gasteiger partial charge in [-0.3, -0.25) is 9.59 Å². The van der Waals surface area contributed by atoms with E-state index in [-0.39, 0.29) is 11.3 Å². The maximum absolute atomic E-state index is 12.8. The summed E-state index contributed by atoms with van der Waals surface area (Å²) >= 11 is 1.36. The fraction of sp³-hybridized carbons (Fsp3) is 0.390. The minimum atomic E-state index is -0.511. The number of nitrogens with one attached hydrogen (secondary N) is 2. The van der Waals surface area contributed by atoms with Crippen molar-refractivity contribution in [2.45, 2.75) is 63.0 Å². The Morgan fingerprint density at radius 1 is 0.792 bits per heavy atom. The maximum Gasteiger partial charge on any atom is 0.407 e. The van der Waals surface area contributed by atoms with Crippen LogP contribution in [0.1, 0.15) is 67.9 Å². The zero-order valence-electron chi connectivity index (χ0n) is 30.7. The fourth-order valence-corrected chi connectivity index (χ4v) is 5.89. The van der Waals surface area contributed by atoms with Crippen LogP contribution in [-0.4, -0.2) is 73.6 Å². The third-order valence-corrected chi connectivity index (χ3v) is 8.69. The molecule has 0 unspecified atom stereocenters. The Bertz CT molecular complexity index is 1830. The van der Waals surface area contributed by atoms with Crippen LogP contribution in [-0.2, 0) is 24.7 Å². The first-order chi connectivity index (χ1) is 25.6. The van der Waals surface area contributed by atoms with Gasteiger partial charge in [0.1, 0.15) is 17.2 Å². The number of hydrogen-bond acceptors (Lipinski definition) is 10. The summed E-state index contributed by atoms with van der Waals surface area (Å²) in [4.78, 5) is 44.4. The molecule has 0 bridgehead atoms. The zero-order valence-corrected chi connectivity index (χ0v) is 31.5. The average molecular weight is 741 g/mol. The zero-order chi connectivity index (χ0) is 37.9. The molecule has 4 rings (SSSR count). The van der Waals surface area contributed by atoms with Crippen LogP contribution in [0, 0.1) is 11.3 Å². The highest BCUT2D eigenvalue weighted by atomic mass is 32.2. The van der Waals surface area contributed by atoms with Gasteiger partial charge in [-0.15, -0.1) is 0 Å². The van der Waals surface area contributed by atoms with E-state index < -0.39 is 17.3 Å². The molecular weight excluding hydrogens is 693 g/mol. The van der Waals surface area contributed by atoms with Crippen molar-refractivity contribution in [1.29, 1.82) is 5.26 Å². The lowest BCUT2D eigenvalue weighted by Crippen LogP contribution is -2.33. The second kappa shape index (κ2) is 21.7. The van der Waals surface area contributed by atoms with Gasteiger partial charge in [0.25, 0.3) is 5.56 Å². The molecule has 0 atom stereocenters. The van der Waals surface area contributed by atoms with Gasteiger partial charge in [0.2, 0.25) is 0 Å². The topological polar surface area (TPSA) is 153 Å². The highest BCUT2D eigenvalue weighted by molar-refractivity contribution is 7.98. The minimum Gasteiger partial charge on any atom is -0.444 e. The van der Waals surface area contributed by atoms with Crippen LogP contribution in [0.25, 0.3) is 22.4 Å². The number of ketones is 1. The van der Waals surface area contributed by atoms with Crippen LogP contribution < -0.4 is 10.9 Å². The number of aromatic amines is 1. The van der Waals surface area contributed by atoms with Gasteiger partial charge in [-0.25, -0.2) is 9.78 Å². The van der Waals surface area contributed by atoms with Crippen molar-refractivity contribution >= 4 is 23.6 Å². The number of aromatic nitrogens is 2. The number of nitriles is 1. The maximum atomic E-state index is 12.8. The van der Waals surface area contributed by atoms with E-state index in [0.717, 1.165) is 29.5 Å². The number of thioether (sulfide) groups is 1. The first kappa shape index (κ1) is 41.0. The van der Waals surface area contributed by atoms with Gasteiger partial charge in [-0.05, 0) is 56.7 Å². The molecule has 0 aliphatic carbocycles. The minimum absolute atomic E-state index is 0.0250. The van der Waals surface area contributed by atoms with E-state index in [2.05, 4.69) is 15.3 Å². The number of amides is 1. The van der Waals surface area contributed by atoms with Gasteiger partial charge in [-0.1, -0.05) is 90.6 Å². The molecule has 11 nitrogen and oxygen atoms in total. The Labute approximate surface area is 315 Å². The molecule has 0 fully saturated rings.